The van der Waals surface area contributed by atoms with Gasteiger partial charge in [0.25, 0.3) is 0 Å². The van der Waals surface area contributed by atoms with Crippen LogP contribution in [0.25, 0.3) is 0 Å². The molecule has 9 N–H and O–H groups in total. The number of quaternary nitrogens is 3. The summed E-state index contributed by atoms with van der Waals surface area (Å²) in [6, 6.07) is 0. The van der Waals surface area contributed by atoms with E-state index in [1.165, 1.54) is 6.42 Å². The molecule has 0 aromatic rings. The highest BCUT2D eigenvalue weighted by molar-refractivity contribution is 4.47. The molecule has 0 saturated heterocycles. The van der Waals surface area contributed by atoms with Gasteiger partial charge in [0.05, 0.1) is 19.6 Å². The Bertz CT molecular complexity index is 90.6. The molecule has 0 aromatic heterocycles. The third kappa shape index (κ3) is 18.5. The van der Waals surface area contributed by atoms with E-state index in [9.17, 15) is 0 Å². The molecule has 0 aliphatic heterocycles. The van der Waals surface area contributed by atoms with Crippen LogP contribution < -0.4 is 54.0 Å². The second-order valence-electron chi connectivity index (χ2n) is 2.80. The highest BCUT2D eigenvalue weighted by Crippen LogP contribution is 1.80. The lowest BCUT2D eigenvalue weighted by Gasteiger charge is -2.03. The summed E-state index contributed by atoms with van der Waals surface area (Å²) in [6.45, 7) is 3.78. The molecule has 0 spiro atoms. The Morgan fingerprint density at radius 1 is 1.07 bits per heavy atom. The first-order valence-corrected chi connectivity index (χ1v) is 4.39. The maximum absolute atomic E-state index is 9.12. The van der Waals surface area contributed by atoms with E-state index in [1.807, 2.05) is 0 Å². The first kappa shape index (κ1) is 24.1. The van der Waals surface area contributed by atoms with Gasteiger partial charge >= 0.3 is 0 Å². The Morgan fingerprint density at radius 2 is 1.64 bits per heavy atom. The standard InChI is InChI=1S/C7H19N3O.3ClH/c8-3-1-4-10-5-2-7(11)6-9;;;/h7,10-11H,1-6,8-9H2;3*1H/t7-;;;/m0.../s1. The summed E-state index contributed by atoms with van der Waals surface area (Å²) in [5.74, 6) is 0. The lowest BCUT2D eigenvalue weighted by molar-refractivity contribution is -0.658. The van der Waals surface area contributed by atoms with Crippen LogP contribution >= 0.6 is 0 Å². The minimum absolute atomic E-state index is 0. The number of halogens is 3. The van der Waals surface area contributed by atoms with Crippen molar-refractivity contribution in [3.8, 4) is 0 Å². The largest absolute Gasteiger partial charge is 1.00 e. The van der Waals surface area contributed by atoms with E-state index in [-0.39, 0.29) is 43.3 Å². The zero-order valence-electron chi connectivity index (χ0n) is 8.39. The van der Waals surface area contributed by atoms with E-state index in [4.69, 9.17) is 5.11 Å². The van der Waals surface area contributed by atoms with Crippen LogP contribution in [0.4, 0.5) is 0 Å². The maximum Gasteiger partial charge on any atom is 0.108 e. The number of hydrogen-bond acceptors (Lipinski definition) is 1. The lowest BCUT2D eigenvalue weighted by atomic mass is 10.2. The summed E-state index contributed by atoms with van der Waals surface area (Å²) in [5, 5.41) is 11.3. The van der Waals surface area contributed by atoms with Crippen molar-refractivity contribution in [1.82, 2.24) is 0 Å². The van der Waals surface area contributed by atoms with Crippen molar-refractivity contribution in [2.24, 2.45) is 0 Å². The number of aliphatic hydroxyl groups is 1. The average Bonchev–Trinajstić information content (AvgIpc) is 2.04. The fraction of sp³-hybridized carbons (Fsp3) is 1.00. The highest BCUT2D eigenvalue weighted by Gasteiger charge is 2.02. The number of hydrogen-bond donors (Lipinski definition) is 4. The van der Waals surface area contributed by atoms with E-state index >= 15 is 0 Å². The van der Waals surface area contributed by atoms with Gasteiger partial charge in [0.2, 0.25) is 0 Å². The molecule has 0 aliphatic carbocycles. The van der Waals surface area contributed by atoms with Crippen LogP contribution in [-0.4, -0.2) is 37.4 Å². The molecule has 0 rings (SSSR count). The van der Waals surface area contributed by atoms with Gasteiger partial charge in [-0.25, -0.2) is 0 Å². The molecule has 0 amide bonds. The fourth-order valence-corrected chi connectivity index (χ4v) is 0.888. The monoisotopic (exact) mass is 269 g/mol. The van der Waals surface area contributed by atoms with Crippen molar-refractivity contribution < 1.29 is 59.1 Å². The zero-order chi connectivity index (χ0) is 8.53. The van der Waals surface area contributed by atoms with Crippen LogP contribution in [0.2, 0.25) is 0 Å². The molecule has 14 heavy (non-hydrogen) atoms. The van der Waals surface area contributed by atoms with Crippen LogP contribution in [0.1, 0.15) is 12.8 Å². The minimum Gasteiger partial charge on any atom is -1.00 e. The van der Waals surface area contributed by atoms with E-state index in [2.05, 4.69) is 16.8 Å². The van der Waals surface area contributed by atoms with Gasteiger partial charge in [-0.2, -0.15) is 0 Å². The van der Waals surface area contributed by atoms with E-state index < -0.39 is 0 Å². The van der Waals surface area contributed by atoms with Crippen LogP contribution in [-0.2, 0) is 0 Å². The van der Waals surface area contributed by atoms with Crippen molar-refractivity contribution in [3.05, 3.63) is 0 Å². The van der Waals surface area contributed by atoms with Crippen molar-refractivity contribution in [3.63, 3.8) is 0 Å². The minimum atomic E-state index is -0.203. The maximum atomic E-state index is 9.12. The molecule has 0 heterocycles. The summed E-state index contributed by atoms with van der Waals surface area (Å²) in [4.78, 5) is 0. The Labute approximate surface area is 104 Å². The molecule has 92 valence electrons. The second-order valence-corrected chi connectivity index (χ2v) is 2.80. The Kier molecular flexibility index (Phi) is 33.2. The molecule has 0 saturated carbocycles. The van der Waals surface area contributed by atoms with E-state index in [1.54, 1.807) is 0 Å². The van der Waals surface area contributed by atoms with Gasteiger partial charge in [-0.3, -0.25) is 0 Å². The van der Waals surface area contributed by atoms with Gasteiger partial charge in [0.15, 0.2) is 0 Å². The summed E-state index contributed by atoms with van der Waals surface area (Å²) >= 11 is 0. The number of rotatable bonds is 7. The molecule has 7 heteroatoms. The normalized spacial score (nSPS) is 10.5. The van der Waals surface area contributed by atoms with Gasteiger partial charge < -0.3 is 59.1 Å². The number of nitrogens with two attached hydrogens (primary N) is 1. The molecule has 0 unspecified atom stereocenters. The second kappa shape index (κ2) is 19.3. The smallest absolute Gasteiger partial charge is 0.108 e. The molecule has 0 aliphatic rings. The molecule has 0 bridgehead atoms. The summed E-state index contributed by atoms with van der Waals surface area (Å²) in [5.41, 5.74) is 7.38. The first-order chi connectivity index (χ1) is 5.31. The molecule has 0 aromatic carbocycles. The summed E-state index contributed by atoms with van der Waals surface area (Å²) < 4.78 is 0. The Balaban J connectivity index is -0.000000167. The van der Waals surface area contributed by atoms with Crippen LogP contribution in [0, 0.1) is 0 Å². The van der Waals surface area contributed by atoms with Gasteiger partial charge in [-0.15, -0.1) is 0 Å². The summed E-state index contributed by atoms with van der Waals surface area (Å²) in [7, 11) is 0. The molecule has 0 fully saturated rings. The third-order valence-electron chi connectivity index (χ3n) is 1.70. The fourth-order valence-electron chi connectivity index (χ4n) is 0.888. The molecular weight excluding hydrogens is 248 g/mol. The van der Waals surface area contributed by atoms with E-state index in [0.29, 0.717) is 6.54 Å². The quantitative estimate of drug-likeness (QED) is 0.340. The van der Waals surface area contributed by atoms with Crippen molar-refractivity contribution in [2.45, 2.75) is 18.9 Å². The average molecular weight is 271 g/mol. The SMILES string of the molecule is [Cl-].[Cl-].[Cl-].[NH3+]CCC[NH2+]CC[C@H](O)C[NH3+]. The van der Waals surface area contributed by atoms with Crippen LogP contribution in [0.3, 0.4) is 0 Å². The molecule has 1 atom stereocenters. The summed E-state index contributed by atoms with van der Waals surface area (Å²) in [6.07, 6.45) is 1.83. The molecule has 4 nitrogen and oxygen atoms in total. The van der Waals surface area contributed by atoms with Gasteiger partial charge in [-0.1, -0.05) is 0 Å². The predicted molar refractivity (Wildman–Crippen MR) is 42.4 cm³/mol. The van der Waals surface area contributed by atoms with Crippen LogP contribution in [0.5, 0.6) is 0 Å². The Morgan fingerprint density at radius 3 is 2.07 bits per heavy atom. The molecule has 0 radical (unpaired) electrons. The van der Waals surface area contributed by atoms with Gasteiger partial charge in [-0.05, 0) is 0 Å². The molecular formula is C7H22Cl3N3O. The predicted octanol–water partition coefficient (Wildman–Crippen LogP) is -12.8. The van der Waals surface area contributed by atoms with Crippen molar-refractivity contribution in [2.75, 3.05) is 26.2 Å². The zero-order valence-corrected chi connectivity index (χ0v) is 10.7. The van der Waals surface area contributed by atoms with Crippen molar-refractivity contribution >= 4 is 0 Å². The first-order valence-electron chi connectivity index (χ1n) is 4.39. The highest BCUT2D eigenvalue weighted by atomic mass is 35.5. The third-order valence-corrected chi connectivity index (χ3v) is 1.70. The topological polar surface area (TPSA) is 92.1 Å². The lowest BCUT2D eigenvalue weighted by Crippen LogP contribution is -3.00. The van der Waals surface area contributed by atoms with Gasteiger partial charge in [0.1, 0.15) is 12.6 Å². The Hall–Kier alpha value is 0.710. The van der Waals surface area contributed by atoms with E-state index in [0.717, 1.165) is 26.1 Å². The number of aliphatic hydroxyl groups excluding tert-OH is 1. The van der Waals surface area contributed by atoms with Crippen LogP contribution in [0.15, 0.2) is 0 Å². The van der Waals surface area contributed by atoms with Gasteiger partial charge in [0, 0.05) is 12.8 Å². The van der Waals surface area contributed by atoms with Crippen molar-refractivity contribution in [1.29, 1.82) is 0 Å².